The molecule has 23 heavy (non-hydrogen) atoms. The highest BCUT2D eigenvalue weighted by molar-refractivity contribution is 8.93. The third kappa shape index (κ3) is 3.99. The first-order valence-electron chi connectivity index (χ1n) is 7.24. The summed E-state index contributed by atoms with van der Waals surface area (Å²) in [7, 11) is 0. The molecule has 1 aromatic heterocycles. The second-order valence-corrected chi connectivity index (χ2v) is 5.88. The van der Waals surface area contributed by atoms with Crippen LogP contribution in [0.5, 0.6) is 0 Å². The van der Waals surface area contributed by atoms with Crippen molar-refractivity contribution in [2.45, 2.75) is 13.5 Å². The summed E-state index contributed by atoms with van der Waals surface area (Å²) in [5.74, 6) is 0. The molecular weight excluding hydrogens is 372 g/mol. The van der Waals surface area contributed by atoms with Crippen LogP contribution in [0.2, 0.25) is 0 Å². The van der Waals surface area contributed by atoms with Crippen molar-refractivity contribution in [1.29, 1.82) is 0 Å². The molecule has 0 aliphatic heterocycles. The van der Waals surface area contributed by atoms with Gasteiger partial charge in [0.15, 0.2) is 4.80 Å². The minimum absolute atomic E-state index is 0. The van der Waals surface area contributed by atoms with E-state index in [0.29, 0.717) is 6.54 Å². The lowest BCUT2D eigenvalue weighted by Crippen LogP contribution is -2.17. The second-order valence-electron chi connectivity index (χ2n) is 5.04. The molecular formula is C18H19BrN2OS. The molecule has 0 bridgehead atoms. The zero-order chi connectivity index (χ0) is 15.4. The van der Waals surface area contributed by atoms with Crippen molar-refractivity contribution < 1.29 is 5.11 Å². The van der Waals surface area contributed by atoms with Crippen LogP contribution in [0.25, 0.3) is 11.3 Å². The predicted octanol–water partition coefficient (Wildman–Crippen LogP) is 4.33. The smallest absolute Gasteiger partial charge is 0.190 e. The number of thiazole rings is 1. The van der Waals surface area contributed by atoms with E-state index in [1.54, 1.807) is 11.3 Å². The Bertz CT molecular complexity index is 824. The molecule has 1 heterocycles. The fraction of sp³-hybridized carbons (Fsp3) is 0.167. The standard InChI is InChI=1S/C18H18N2OS.BrH/c1-14-7-5-6-10-16(14)19-18-20(11-12-21)17(13-22-18)15-8-3-2-4-9-15;/h2-10,13,21H,11-12H2,1H3;1H. The van der Waals surface area contributed by atoms with Crippen LogP contribution in [-0.2, 0) is 6.54 Å². The highest BCUT2D eigenvalue weighted by atomic mass is 79.9. The summed E-state index contributed by atoms with van der Waals surface area (Å²) >= 11 is 1.60. The van der Waals surface area contributed by atoms with Crippen LogP contribution in [0.1, 0.15) is 5.56 Å². The van der Waals surface area contributed by atoms with Gasteiger partial charge < -0.3 is 9.67 Å². The van der Waals surface area contributed by atoms with Crippen LogP contribution in [0, 0.1) is 6.92 Å². The van der Waals surface area contributed by atoms with Crippen LogP contribution in [0.4, 0.5) is 5.69 Å². The van der Waals surface area contributed by atoms with E-state index in [-0.39, 0.29) is 23.6 Å². The second kappa shape index (κ2) is 8.24. The number of aryl methyl sites for hydroxylation is 1. The van der Waals surface area contributed by atoms with Crippen molar-refractivity contribution in [2.75, 3.05) is 6.61 Å². The van der Waals surface area contributed by atoms with Crippen molar-refractivity contribution in [2.24, 2.45) is 4.99 Å². The van der Waals surface area contributed by atoms with E-state index in [9.17, 15) is 5.11 Å². The van der Waals surface area contributed by atoms with Crippen molar-refractivity contribution >= 4 is 34.0 Å². The number of rotatable bonds is 4. The summed E-state index contributed by atoms with van der Waals surface area (Å²) in [4.78, 5) is 5.68. The van der Waals surface area contributed by atoms with Crippen LogP contribution < -0.4 is 4.80 Å². The van der Waals surface area contributed by atoms with Gasteiger partial charge in [0.1, 0.15) is 0 Å². The Morgan fingerprint density at radius 2 is 1.74 bits per heavy atom. The van der Waals surface area contributed by atoms with Gasteiger partial charge in [-0.25, -0.2) is 4.99 Å². The molecule has 5 heteroatoms. The van der Waals surface area contributed by atoms with Crippen molar-refractivity contribution in [3.8, 4) is 11.3 Å². The molecule has 3 rings (SSSR count). The van der Waals surface area contributed by atoms with E-state index in [1.165, 1.54) is 0 Å². The molecule has 0 amide bonds. The van der Waals surface area contributed by atoms with Gasteiger partial charge in [0, 0.05) is 11.9 Å². The number of hydrogen-bond acceptors (Lipinski definition) is 3. The molecule has 0 spiro atoms. The lowest BCUT2D eigenvalue weighted by atomic mass is 10.2. The first-order valence-corrected chi connectivity index (χ1v) is 8.12. The van der Waals surface area contributed by atoms with Crippen LogP contribution in [0.15, 0.2) is 65.0 Å². The molecule has 0 atom stereocenters. The van der Waals surface area contributed by atoms with Gasteiger partial charge in [-0.05, 0) is 24.1 Å². The first-order chi connectivity index (χ1) is 10.8. The monoisotopic (exact) mass is 390 g/mol. The predicted molar refractivity (Wildman–Crippen MR) is 102 cm³/mol. The van der Waals surface area contributed by atoms with E-state index in [0.717, 1.165) is 27.3 Å². The van der Waals surface area contributed by atoms with Gasteiger partial charge in [-0.2, -0.15) is 0 Å². The van der Waals surface area contributed by atoms with Crippen molar-refractivity contribution in [1.82, 2.24) is 4.57 Å². The lowest BCUT2D eigenvalue weighted by molar-refractivity contribution is 0.275. The summed E-state index contributed by atoms with van der Waals surface area (Å²) < 4.78 is 2.08. The molecule has 0 radical (unpaired) electrons. The summed E-state index contributed by atoms with van der Waals surface area (Å²) in [5, 5.41) is 11.5. The Kier molecular flexibility index (Phi) is 6.33. The molecule has 0 saturated heterocycles. The number of hydrogen-bond donors (Lipinski definition) is 1. The minimum Gasteiger partial charge on any atom is -0.395 e. The Morgan fingerprint density at radius 3 is 2.43 bits per heavy atom. The van der Waals surface area contributed by atoms with Crippen molar-refractivity contribution in [3.63, 3.8) is 0 Å². The molecule has 0 unspecified atom stereocenters. The normalized spacial score (nSPS) is 11.3. The maximum atomic E-state index is 9.40. The lowest BCUT2D eigenvalue weighted by Gasteiger charge is -2.07. The largest absolute Gasteiger partial charge is 0.395 e. The molecule has 3 nitrogen and oxygen atoms in total. The number of aromatic nitrogens is 1. The number of nitrogens with zero attached hydrogens (tertiary/aromatic N) is 2. The Hall–Kier alpha value is -1.69. The molecule has 0 fully saturated rings. The van der Waals surface area contributed by atoms with E-state index in [2.05, 4.69) is 35.1 Å². The third-order valence-electron chi connectivity index (χ3n) is 3.52. The molecule has 1 N–H and O–H groups in total. The van der Waals surface area contributed by atoms with Gasteiger partial charge in [0.2, 0.25) is 0 Å². The van der Waals surface area contributed by atoms with Gasteiger partial charge in [0.05, 0.1) is 18.0 Å². The van der Waals surface area contributed by atoms with Gasteiger partial charge in [0.25, 0.3) is 0 Å². The summed E-state index contributed by atoms with van der Waals surface area (Å²) in [6.07, 6.45) is 0. The summed E-state index contributed by atoms with van der Waals surface area (Å²) in [5.41, 5.74) is 4.34. The summed E-state index contributed by atoms with van der Waals surface area (Å²) in [6, 6.07) is 18.3. The average molecular weight is 391 g/mol. The van der Waals surface area contributed by atoms with Crippen LogP contribution >= 0.6 is 28.3 Å². The van der Waals surface area contributed by atoms with E-state index in [4.69, 9.17) is 4.99 Å². The number of aliphatic hydroxyl groups is 1. The molecule has 3 aromatic rings. The maximum absolute atomic E-state index is 9.40. The van der Waals surface area contributed by atoms with Gasteiger partial charge in [-0.15, -0.1) is 28.3 Å². The molecule has 120 valence electrons. The molecule has 2 aromatic carbocycles. The number of benzene rings is 2. The van der Waals surface area contributed by atoms with Crippen LogP contribution in [-0.4, -0.2) is 16.3 Å². The third-order valence-corrected chi connectivity index (χ3v) is 4.39. The molecule has 0 aliphatic carbocycles. The maximum Gasteiger partial charge on any atom is 0.190 e. The van der Waals surface area contributed by atoms with Gasteiger partial charge >= 0.3 is 0 Å². The minimum atomic E-state index is 0. The molecule has 0 aliphatic rings. The Labute approximate surface area is 150 Å². The number of para-hydroxylation sites is 1. The van der Waals surface area contributed by atoms with Crippen LogP contribution in [0.3, 0.4) is 0 Å². The zero-order valence-electron chi connectivity index (χ0n) is 12.8. The van der Waals surface area contributed by atoms with Gasteiger partial charge in [-0.3, -0.25) is 0 Å². The highest BCUT2D eigenvalue weighted by Crippen LogP contribution is 2.21. The quantitative estimate of drug-likeness (QED) is 0.707. The molecule has 0 saturated carbocycles. The summed E-state index contributed by atoms with van der Waals surface area (Å²) in [6.45, 7) is 2.69. The first kappa shape index (κ1) is 17.7. The fourth-order valence-corrected chi connectivity index (χ4v) is 3.31. The van der Waals surface area contributed by atoms with E-state index >= 15 is 0 Å². The van der Waals surface area contributed by atoms with E-state index in [1.807, 2.05) is 36.4 Å². The van der Waals surface area contributed by atoms with E-state index < -0.39 is 0 Å². The van der Waals surface area contributed by atoms with Crippen molar-refractivity contribution in [3.05, 3.63) is 70.3 Å². The Morgan fingerprint density at radius 1 is 1.04 bits per heavy atom. The average Bonchev–Trinajstić information content (AvgIpc) is 2.94. The number of aliphatic hydroxyl groups excluding tert-OH is 1. The highest BCUT2D eigenvalue weighted by Gasteiger charge is 2.07. The van der Waals surface area contributed by atoms with Gasteiger partial charge in [-0.1, -0.05) is 48.5 Å². The Balaban J connectivity index is 0.00000192. The zero-order valence-corrected chi connectivity index (χ0v) is 15.4. The fourth-order valence-electron chi connectivity index (χ4n) is 2.37. The number of halogens is 1. The SMILES string of the molecule is Br.Cc1ccccc1N=c1scc(-c2ccccc2)n1CCO. The topological polar surface area (TPSA) is 37.5 Å².